The first-order valence-corrected chi connectivity index (χ1v) is 10.3. The van der Waals surface area contributed by atoms with Gasteiger partial charge in [-0.25, -0.2) is 4.79 Å². The summed E-state index contributed by atoms with van der Waals surface area (Å²) in [6, 6.07) is 4.41. The van der Waals surface area contributed by atoms with Crippen LogP contribution in [0.2, 0.25) is 0 Å². The lowest BCUT2D eigenvalue weighted by molar-refractivity contribution is -0.161. The smallest absolute Gasteiger partial charge is 0.327 e. The molecule has 7 nitrogen and oxygen atoms in total. The Morgan fingerprint density at radius 1 is 1.36 bits per heavy atom. The highest BCUT2D eigenvalue weighted by Gasteiger charge is 2.64. The van der Waals surface area contributed by atoms with Crippen molar-refractivity contribution in [2.45, 2.75) is 61.9 Å². The van der Waals surface area contributed by atoms with Crippen LogP contribution in [0.5, 0.6) is 0 Å². The highest BCUT2D eigenvalue weighted by Crippen LogP contribution is 2.50. The van der Waals surface area contributed by atoms with Gasteiger partial charge >= 0.3 is 5.97 Å². The van der Waals surface area contributed by atoms with Crippen molar-refractivity contribution in [3.8, 4) is 0 Å². The van der Waals surface area contributed by atoms with Crippen molar-refractivity contribution >= 4 is 29.5 Å². The van der Waals surface area contributed by atoms with Gasteiger partial charge in [-0.2, -0.15) is 0 Å². The molecule has 2 fully saturated rings. The number of carbonyl (C=O) groups excluding carboxylic acids is 2. The molecule has 0 aromatic heterocycles. The van der Waals surface area contributed by atoms with Crippen LogP contribution in [0.25, 0.3) is 0 Å². The molecule has 8 heteroatoms. The van der Waals surface area contributed by atoms with Gasteiger partial charge in [0.2, 0.25) is 5.91 Å². The Hall–Kier alpha value is -2.06. The Morgan fingerprint density at radius 3 is 2.82 bits per heavy atom. The molecule has 0 radical (unpaired) electrons. The summed E-state index contributed by atoms with van der Waals surface area (Å²) in [5.41, 5.74) is 2.99. The minimum Gasteiger partial charge on any atom is -0.480 e. The number of amides is 2. The third-order valence-corrected chi connectivity index (χ3v) is 7.24. The van der Waals surface area contributed by atoms with Crippen molar-refractivity contribution in [1.29, 1.82) is 0 Å². The number of nitrogens with zero attached hydrogens (tertiary/aromatic N) is 1. The third-order valence-electron chi connectivity index (χ3n) is 5.67. The van der Waals surface area contributed by atoms with Crippen molar-refractivity contribution in [3.05, 3.63) is 34.9 Å². The van der Waals surface area contributed by atoms with E-state index in [1.54, 1.807) is 0 Å². The molecule has 2 saturated heterocycles. The van der Waals surface area contributed by atoms with E-state index in [1.165, 1.54) is 16.7 Å². The fraction of sp³-hybridized carbons (Fsp3) is 0.550. The number of carboxylic acids is 1. The van der Waals surface area contributed by atoms with Gasteiger partial charge in [0.25, 0.3) is 5.91 Å². The quantitative estimate of drug-likeness (QED) is 0.744. The summed E-state index contributed by atoms with van der Waals surface area (Å²) < 4.78 is 5.21. The van der Waals surface area contributed by atoms with Crippen LogP contribution in [0.1, 0.15) is 43.1 Å². The molecule has 2 N–H and O–H groups in total. The van der Waals surface area contributed by atoms with Crippen LogP contribution in [0.15, 0.2) is 18.2 Å². The lowest BCUT2D eigenvalue weighted by Crippen LogP contribution is -2.71. The van der Waals surface area contributed by atoms with Crippen molar-refractivity contribution in [2.75, 3.05) is 6.61 Å². The summed E-state index contributed by atoms with van der Waals surface area (Å²) in [5.74, 6) is -1.71. The average molecular weight is 404 g/mol. The molecule has 150 valence electrons. The number of aliphatic carboxylic acids is 1. The number of carbonyl (C=O) groups is 3. The molecule has 1 aromatic carbocycles. The third kappa shape index (κ3) is 2.99. The summed E-state index contributed by atoms with van der Waals surface area (Å²) in [6.07, 6.45) is 0.930. The van der Waals surface area contributed by atoms with E-state index in [0.29, 0.717) is 6.61 Å². The van der Waals surface area contributed by atoms with Crippen LogP contribution in [0, 0.1) is 6.92 Å². The number of nitrogens with one attached hydrogen (secondary N) is 1. The number of hydrogen-bond acceptors (Lipinski definition) is 5. The van der Waals surface area contributed by atoms with Gasteiger partial charge in [-0.15, -0.1) is 11.8 Å². The number of carboxylic acid groups (broad SMARTS) is 1. The molecule has 1 unspecified atom stereocenters. The Balaban J connectivity index is 1.54. The Labute approximate surface area is 167 Å². The van der Waals surface area contributed by atoms with Crippen LogP contribution >= 0.6 is 11.8 Å². The summed E-state index contributed by atoms with van der Waals surface area (Å²) in [7, 11) is 0. The molecule has 2 amide bonds. The average Bonchev–Trinajstić information content (AvgIpc) is 2.75. The van der Waals surface area contributed by atoms with E-state index in [4.69, 9.17) is 4.74 Å². The maximum absolute atomic E-state index is 13.0. The van der Waals surface area contributed by atoms with Gasteiger partial charge in [0, 0.05) is 11.4 Å². The maximum Gasteiger partial charge on any atom is 0.327 e. The van der Waals surface area contributed by atoms with E-state index in [2.05, 4.69) is 5.32 Å². The van der Waals surface area contributed by atoms with Gasteiger partial charge in [-0.1, -0.05) is 23.8 Å². The van der Waals surface area contributed by atoms with E-state index < -0.39 is 28.9 Å². The number of benzene rings is 1. The van der Waals surface area contributed by atoms with E-state index in [0.717, 1.165) is 29.5 Å². The predicted octanol–water partition coefficient (Wildman–Crippen LogP) is 1.63. The normalized spacial score (nSPS) is 30.7. The molecule has 4 atom stereocenters. The lowest BCUT2D eigenvalue weighted by Gasteiger charge is -2.43. The van der Waals surface area contributed by atoms with E-state index >= 15 is 0 Å². The molecule has 0 spiro atoms. The molecule has 3 heterocycles. The fourth-order valence-corrected chi connectivity index (χ4v) is 5.96. The Morgan fingerprint density at radius 2 is 2.11 bits per heavy atom. The second-order valence-corrected chi connectivity index (χ2v) is 9.91. The number of hydrogen-bond donors (Lipinski definition) is 2. The minimum absolute atomic E-state index is 0.344. The molecule has 0 saturated carbocycles. The summed E-state index contributed by atoms with van der Waals surface area (Å²) in [4.78, 5) is 38.6. The zero-order chi connectivity index (χ0) is 20.2. The highest BCUT2D eigenvalue weighted by atomic mass is 32.2. The summed E-state index contributed by atoms with van der Waals surface area (Å²) >= 11 is 1.42. The van der Waals surface area contributed by atoms with E-state index in [9.17, 15) is 19.5 Å². The van der Waals surface area contributed by atoms with Crippen LogP contribution in [0.3, 0.4) is 0 Å². The Bertz CT molecular complexity index is 855. The number of β-lactam (4-membered cyclic amide) rings is 1. The molecule has 28 heavy (non-hydrogen) atoms. The van der Waals surface area contributed by atoms with Crippen molar-refractivity contribution in [2.24, 2.45) is 0 Å². The van der Waals surface area contributed by atoms with E-state index in [1.807, 2.05) is 39.0 Å². The number of thioether (sulfide) groups is 1. The minimum atomic E-state index is -1.02. The first-order valence-electron chi connectivity index (χ1n) is 9.45. The van der Waals surface area contributed by atoms with E-state index in [-0.39, 0.29) is 17.2 Å². The monoisotopic (exact) mass is 404 g/mol. The van der Waals surface area contributed by atoms with Gasteiger partial charge in [-0.05, 0) is 44.7 Å². The van der Waals surface area contributed by atoms with Crippen LogP contribution in [0.4, 0.5) is 0 Å². The van der Waals surface area contributed by atoms with Crippen molar-refractivity contribution < 1.29 is 24.2 Å². The molecular weight excluding hydrogens is 380 g/mol. The molecule has 4 rings (SSSR count). The summed E-state index contributed by atoms with van der Waals surface area (Å²) in [6.45, 7) is 6.07. The highest BCUT2D eigenvalue weighted by molar-refractivity contribution is 8.01. The molecular formula is C20H24N2O5S. The fourth-order valence-electron chi connectivity index (χ4n) is 4.33. The number of aryl methyl sites for hydroxylation is 2. The second-order valence-electron chi connectivity index (χ2n) is 8.14. The van der Waals surface area contributed by atoms with Crippen LogP contribution in [-0.2, 0) is 25.5 Å². The molecule has 3 aliphatic heterocycles. The first-order chi connectivity index (χ1) is 13.2. The first kappa shape index (κ1) is 19.3. The molecule has 0 bridgehead atoms. The van der Waals surface area contributed by atoms with Crippen LogP contribution < -0.4 is 5.32 Å². The Kier molecular flexibility index (Phi) is 4.66. The SMILES string of the molecule is Cc1ccc2c(c1)C(C(=O)N[C@@H]1C(=O)N3[C@@H]1SC(C)(C)[C@@H]3C(=O)O)OCCC2. The molecule has 1 aromatic rings. The zero-order valence-electron chi connectivity index (χ0n) is 16.1. The zero-order valence-corrected chi connectivity index (χ0v) is 16.9. The topological polar surface area (TPSA) is 95.9 Å². The van der Waals surface area contributed by atoms with Gasteiger partial charge in [0.15, 0.2) is 6.10 Å². The van der Waals surface area contributed by atoms with Gasteiger partial charge in [0.05, 0.1) is 0 Å². The standard InChI is InChI=1S/C20H24N2O5S/c1-10-6-7-11-5-4-8-27-14(12(11)9-10)16(23)21-13-17(24)22-15(19(25)26)20(2,3)28-18(13)22/h6-7,9,13-15,18H,4-5,8H2,1-3H3,(H,21,23)(H,25,26)/t13-,14?,15+,18-/m1/s1. The number of fused-ring (bicyclic) bond motifs is 2. The van der Waals surface area contributed by atoms with Gasteiger partial charge in [0.1, 0.15) is 17.5 Å². The number of rotatable bonds is 3. The largest absolute Gasteiger partial charge is 0.480 e. The van der Waals surface area contributed by atoms with Crippen molar-refractivity contribution in [3.63, 3.8) is 0 Å². The lowest BCUT2D eigenvalue weighted by atomic mass is 9.95. The van der Waals surface area contributed by atoms with Gasteiger partial charge in [-0.3, -0.25) is 9.59 Å². The predicted molar refractivity (Wildman–Crippen MR) is 104 cm³/mol. The molecule has 3 aliphatic rings. The maximum atomic E-state index is 13.0. The molecule has 0 aliphatic carbocycles. The van der Waals surface area contributed by atoms with Crippen molar-refractivity contribution in [1.82, 2.24) is 10.2 Å². The van der Waals surface area contributed by atoms with Crippen LogP contribution in [-0.4, -0.2) is 56.6 Å². The van der Waals surface area contributed by atoms with Gasteiger partial charge < -0.3 is 20.1 Å². The number of ether oxygens (including phenoxy) is 1. The second kappa shape index (κ2) is 6.77. The summed E-state index contributed by atoms with van der Waals surface area (Å²) in [5, 5.41) is 12.0.